The molecule has 0 bridgehead atoms. The van der Waals surface area contributed by atoms with Crippen LogP contribution in [0.1, 0.15) is 54.9 Å². The molecule has 4 rings (SSSR count). The van der Waals surface area contributed by atoms with Gasteiger partial charge in [0.15, 0.2) is 0 Å². The molecular weight excluding hydrogens is 422 g/mol. The Hall–Kier alpha value is -3.40. The molecule has 1 amide bonds. The van der Waals surface area contributed by atoms with E-state index in [1.54, 1.807) is 0 Å². The third kappa shape index (κ3) is 6.80. The SMILES string of the molecule is O=C(Cc1ccccc1)OC(CN(C(=O)Cc1ccccc1)C1CCCCC1)c1ccccc1. The Kier molecular flexibility index (Phi) is 8.50. The first-order chi connectivity index (χ1) is 16.7. The summed E-state index contributed by atoms with van der Waals surface area (Å²) in [5.74, 6) is -0.183. The molecule has 0 saturated heterocycles. The first-order valence-corrected chi connectivity index (χ1v) is 12.3. The number of ether oxygens (including phenoxy) is 1. The van der Waals surface area contributed by atoms with Gasteiger partial charge in [0.25, 0.3) is 0 Å². The van der Waals surface area contributed by atoms with E-state index in [4.69, 9.17) is 4.74 Å². The topological polar surface area (TPSA) is 46.6 Å². The molecule has 34 heavy (non-hydrogen) atoms. The van der Waals surface area contributed by atoms with Crippen LogP contribution < -0.4 is 0 Å². The van der Waals surface area contributed by atoms with Crippen molar-refractivity contribution >= 4 is 11.9 Å². The van der Waals surface area contributed by atoms with Gasteiger partial charge in [-0.1, -0.05) is 110 Å². The Balaban J connectivity index is 1.54. The van der Waals surface area contributed by atoms with Gasteiger partial charge in [-0.25, -0.2) is 0 Å². The van der Waals surface area contributed by atoms with E-state index >= 15 is 0 Å². The summed E-state index contributed by atoms with van der Waals surface area (Å²) in [6, 6.07) is 29.5. The average Bonchev–Trinajstić information content (AvgIpc) is 2.88. The van der Waals surface area contributed by atoms with Gasteiger partial charge in [-0.2, -0.15) is 0 Å². The van der Waals surface area contributed by atoms with E-state index < -0.39 is 6.10 Å². The lowest BCUT2D eigenvalue weighted by Crippen LogP contribution is -2.45. The first kappa shape index (κ1) is 23.7. The van der Waals surface area contributed by atoms with Crippen LogP contribution in [0.4, 0.5) is 0 Å². The molecule has 0 radical (unpaired) electrons. The normalized spacial score (nSPS) is 14.8. The Bertz CT molecular complexity index is 1030. The second-order valence-corrected chi connectivity index (χ2v) is 9.05. The quantitative estimate of drug-likeness (QED) is 0.376. The van der Waals surface area contributed by atoms with Gasteiger partial charge < -0.3 is 9.64 Å². The van der Waals surface area contributed by atoms with E-state index in [1.165, 1.54) is 6.42 Å². The van der Waals surface area contributed by atoms with Crippen LogP contribution >= 0.6 is 0 Å². The fraction of sp³-hybridized carbons (Fsp3) is 0.333. The molecule has 3 aromatic rings. The van der Waals surface area contributed by atoms with Crippen LogP contribution in [0.25, 0.3) is 0 Å². The molecule has 1 unspecified atom stereocenters. The molecule has 0 spiro atoms. The molecule has 3 aromatic carbocycles. The van der Waals surface area contributed by atoms with E-state index in [9.17, 15) is 9.59 Å². The third-order valence-electron chi connectivity index (χ3n) is 6.53. The minimum absolute atomic E-state index is 0.0955. The zero-order chi connectivity index (χ0) is 23.6. The first-order valence-electron chi connectivity index (χ1n) is 12.3. The maximum Gasteiger partial charge on any atom is 0.310 e. The summed E-state index contributed by atoms with van der Waals surface area (Å²) >= 11 is 0. The molecule has 0 aromatic heterocycles. The van der Waals surface area contributed by atoms with Crippen molar-refractivity contribution in [2.24, 2.45) is 0 Å². The van der Waals surface area contributed by atoms with Crippen molar-refractivity contribution in [1.82, 2.24) is 4.90 Å². The number of carbonyl (C=O) groups is 2. The molecule has 1 atom stereocenters. The van der Waals surface area contributed by atoms with Gasteiger partial charge in [0.2, 0.25) is 5.91 Å². The smallest absolute Gasteiger partial charge is 0.310 e. The molecule has 1 aliphatic rings. The third-order valence-corrected chi connectivity index (χ3v) is 6.53. The number of rotatable bonds is 9. The van der Waals surface area contributed by atoms with Crippen molar-refractivity contribution in [3.8, 4) is 0 Å². The van der Waals surface area contributed by atoms with Gasteiger partial charge in [0.1, 0.15) is 6.10 Å². The van der Waals surface area contributed by atoms with Gasteiger partial charge >= 0.3 is 5.97 Å². The highest BCUT2D eigenvalue weighted by Gasteiger charge is 2.30. The number of hydrogen-bond acceptors (Lipinski definition) is 3. The Labute approximate surface area is 202 Å². The van der Waals surface area contributed by atoms with Gasteiger partial charge in [0.05, 0.1) is 19.4 Å². The summed E-state index contributed by atoms with van der Waals surface area (Å²) < 4.78 is 6.03. The lowest BCUT2D eigenvalue weighted by molar-refractivity contribution is -0.153. The van der Waals surface area contributed by atoms with Gasteiger partial charge in [-0.05, 0) is 29.5 Å². The van der Waals surface area contributed by atoms with Crippen LogP contribution in [0, 0.1) is 0 Å². The molecule has 176 valence electrons. The van der Waals surface area contributed by atoms with Crippen LogP contribution in [0.15, 0.2) is 91.0 Å². The number of hydrogen-bond donors (Lipinski definition) is 0. The van der Waals surface area contributed by atoms with E-state index in [-0.39, 0.29) is 24.3 Å². The summed E-state index contributed by atoms with van der Waals surface area (Å²) in [5, 5.41) is 0. The maximum atomic E-state index is 13.5. The maximum absolute atomic E-state index is 13.5. The minimum atomic E-state index is -0.501. The van der Waals surface area contributed by atoms with Crippen molar-refractivity contribution in [2.45, 2.75) is 57.1 Å². The zero-order valence-electron chi connectivity index (χ0n) is 19.6. The van der Waals surface area contributed by atoms with Crippen LogP contribution in [0.3, 0.4) is 0 Å². The van der Waals surface area contributed by atoms with Gasteiger partial charge in [-0.15, -0.1) is 0 Å². The Morgan fingerprint density at radius 3 is 1.85 bits per heavy atom. The van der Waals surface area contributed by atoms with Crippen molar-refractivity contribution in [3.05, 3.63) is 108 Å². The number of amides is 1. The van der Waals surface area contributed by atoms with E-state index in [1.807, 2.05) is 95.9 Å². The Morgan fingerprint density at radius 2 is 1.26 bits per heavy atom. The lowest BCUT2D eigenvalue weighted by atomic mass is 9.93. The average molecular weight is 456 g/mol. The molecule has 4 nitrogen and oxygen atoms in total. The fourth-order valence-corrected chi connectivity index (χ4v) is 4.74. The lowest BCUT2D eigenvalue weighted by Gasteiger charge is -2.37. The summed E-state index contributed by atoms with van der Waals surface area (Å²) in [5.41, 5.74) is 2.84. The highest BCUT2D eigenvalue weighted by Crippen LogP contribution is 2.27. The summed E-state index contributed by atoms with van der Waals surface area (Å²) in [7, 11) is 0. The molecule has 1 fully saturated rings. The predicted molar refractivity (Wildman–Crippen MR) is 134 cm³/mol. The van der Waals surface area contributed by atoms with E-state index in [0.717, 1.165) is 42.4 Å². The van der Waals surface area contributed by atoms with Gasteiger partial charge in [0, 0.05) is 6.04 Å². The molecular formula is C30H33NO3. The number of nitrogens with zero attached hydrogens (tertiary/aromatic N) is 1. The Morgan fingerprint density at radius 1 is 0.735 bits per heavy atom. The number of carbonyl (C=O) groups excluding carboxylic acids is 2. The van der Waals surface area contributed by atoms with E-state index in [2.05, 4.69) is 0 Å². The summed E-state index contributed by atoms with van der Waals surface area (Å²) in [4.78, 5) is 28.4. The summed E-state index contributed by atoms with van der Waals surface area (Å²) in [6.07, 6.45) is 5.54. The van der Waals surface area contributed by atoms with Crippen molar-refractivity contribution < 1.29 is 14.3 Å². The highest BCUT2D eigenvalue weighted by molar-refractivity contribution is 5.79. The second kappa shape index (κ2) is 12.2. The van der Waals surface area contributed by atoms with Crippen molar-refractivity contribution in [1.29, 1.82) is 0 Å². The van der Waals surface area contributed by atoms with Crippen molar-refractivity contribution in [3.63, 3.8) is 0 Å². The standard InChI is InChI=1S/C30H33NO3/c32-29(21-24-13-5-1-6-14-24)31(27-19-11-4-12-20-27)23-28(26-17-9-3-10-18-26)34-30(33)22-25-15-7-2-8-16-25/h1-3,5-10,13-18,27-28H,4,11-12,19-23H2. The van der Waals surface area contributed by atoms with E-state index in [0.29, 0.717) is 13.0 Å². The molecule has 1 saturated carbocycles. The molecule has 0 heterocycles. The van der Waals surface area contributed by atoms with Crippen LogP contribution in [0.2, 0.25) is 0 Å². The van der Waals surface area contributed by atoms with Crippen LogP contribution in [-0.4, -0.2) is 29.4 Å². The molecule has 4 heteroatoms. The van der Waals surface area contributed by atoms with Gasteiger partial charge in [-0.3, -0.25) is 9.59 Å². The predicted octanol–water partition coefficient (Wildman–Crippen LogP) is 5.92. The summed E-state index contributed by atoms with van der Waals surface area (Å²) in [6.45, 7) is 0.376. The molecule has 1 aliphatic carbocycles. The number of benzene rings is 3. The van der Waals surface area contributed by atoms with Crippen LogP contribution in [0.5, 0.6) is 0 Å². The van der Waals surface area contributed by atoms with Crippen molar-refractivity contribution in [2.75, 3.05) is 6.54 Å². The fourth-order valence-electron chi connectivity index (χ4n) is 4.74. The highest BCUT2D eigenvalue weighted by atomic mass is 16.5. The monoisotopic (exact) mass is 455 g/mol. The molecule has 0 N–H and O–H groups in total. The number of esters is 1. The van der Waals surface area contributed by atoms with Crippen LogP contribution in [-0.2, 0) is 27.2 Å². The minimum Gasteiger partial charge on any atom is -0.455 e. The second-order valence-electron chi connectivity index (χ2n) is 9.05. The zero-order valence-corrected chi connectivity index (χ0v) is 19.6. The largest absolute Gasteiger partial charge is 0.455 e. The molecule has 0 aliphatic heterocycles.